The van der Waals surface area contributed by atoms with E-state index in [1.54, 1.807) is 6.07 Å². The van der Waals surface area contributed by atoms with Crippen LogP contribution < -0.4 is 0 Å². The summed E-state index contributed by atoms with van der Waals surface area (Å²) in [4.78, 5) is 12.4. The van der Waals surface area contributed by atoms with E-state index in [9.17, 15) is 13.4 Å². The van der Waals surface area contributed by atoms with E-state index in [-0.39, 0.29) is 28.0 Å². The summed E-state index contributed by atoms with van der Waals surface area (Å²) in [5.74, 6) is 0.0990. The molecule has 4 heteroatoms. The average molecular weight is 308 g/mol. The molecular formula is C17H21FO2S. The van der Waals surface area contributed by atoms with Crippen LogP contribution in [0.4, 0.5) is 4.39 Å². The number of benzene rings is 1. The molecule has 2 heterocycles. The van der Waals surface area contributed by atoms with Gasteiger partial charge >= 0.3 is 0 Å². The minimum absolute atomic E-state index is 0.0755. The molecule has 2 atom stereocenters. The standard InChI is InChI=1S/C17H21FO2S/c18-14-4-1-3-12(9-14)7-8-17(19)13-10-15-5-2-6-16(11-13)21(15)20/h1,3-4,9,13,15-16H,2,5-8,10-11H2. The fraction of sp³-hybridized carbons (Fsp3) is 0.588. The van der Waals surface area contributed by atoms with Gasteiger partial charge in [-0.15, -0.1) is 0 Å². The molecule has 114 valence electrons. The van der Waals surface area contributed by atoms with Crippen molar-refractivity contribution in [3.05, 3.63) is 35.6 Å². The van der Waals surface area contributed by atoms with Crippen molar-refractivity contribution in [2.75, 3.05) is 0 Å². The summed E-state index contributed by atoms with van der Waals surface area (Å²) < 4.78 is 25.3. The van der Waals surface area contributed by atoms with Gasteiger partial charge in [-0.3, -0.25) is 9.00 Å². The molecule has 2 bridgehead atoms. The van der Waals surface area contributed by atoms with Crippen LogP contribution in [0.25, 0.3) is 0 Å². The maximum Gasteiger partial charge on any atom is 0.136 e. The van der Waals surface area contributed by atoms with E-state index in [4.69, 9.17) is 0 Å². The van der Waals surface area contributed by atoms with Crippen molar-refractivity contribution in [1.82, 2.24) is 0 Å². The summed E-state index contributed by atoms with van der Waals surface area (Å²) in [5.41, 5.74) is 0.878. The molecule has 2 nitrogen and oxygen atoms in total. The largest absolute Gasteiger partial charge is 0.299 e. The Labute approximate surface area is 127 Å². The second-order valence-electron chi connectivity index (χ2n) is 6.27. The van der Waals surface area contributed by atoms with Gasteiger partial charge in [0.2, 0.25) is 0 Å². The quantitative estimate of drug-likeness (QED) is 0.854. The summed E-state index contributed by atoms with van der Waals surface area (Å²) in [5, 5.41) is 0.473. The smallest absolute Gasteiger partial charge is 0.136 e. The Morgan fingerprint density at radius 1 is 1.24 bits per heavy atom. The summed E-state index contributed by atoms with van der Waals surface area (Å²) in [6, 6.07) is 6.46. The maximum absolute atomic E-state index is 13.1. The van der Waals surface area contributed by atoms with Crippen molar-refractivity contribution in [2.45, 2.75) is 55.4 Å². The van der Waals surface area contributed by atoms with Crippen LogP contribution in [0.5, 0.6) is 0 Å². The molecule has 0 spiro atoms. The van der Waals surface area contributed by atoms with Crippen molar-refractivity contribution in [1.29, 1.82) is 0 Å². The van der Waals surface area contributed by atoms with Gasteiger partial charge in [0.25, 0.3) is 0 Å². The molecule has 2 saturated heterocycles. The lowest BCUT2D eigenvalue weighted by molar-refractivity contribution is -0.123. The zero-order valence-corrected chi connectivity index (χ0v) is 12.9. The highest BCUT2D eigenvalue weighted by Gasteiger charge is 2.39. The monoisotopic (exact) mass is 308 g/mol. The molecule has 3 rings (SSSR count). The van der Waals surface area contributed by atoms with Gasteiger partial charge < -0.3 is 0 Å². The first-order valence-corrected chi connectivity index (χ1v) is 9.07. The molecule has 0 aromatic heterocycles. The van der Waals surface area contributed by atoms with Gasteiger partial charge in [-0.1, -0.05) is 18.6 Å². The summed E-state index contributed by atoms with van der Waals surface area (Å²) in [6.07, 6.45) is 5.85. The minimum atomic E-state index is -0.718. The lowest BCUT2D eigenvalue weighted by atomic mass is 9.85. The first-order chi connectivity index (χ1) is 10.1. The van der Waals surface area contributed by atoms with Crippen LogP contribution in [0.1, 0.15) is 44.1 Å². The second-order valence-corrected chi connectivity index (χ2v) is 8.26. The highest BCUT2D eigenvalue weighted by Crippen LogP contribution is 2.37. The molecule has 2 aliphatic rings. The van der Waals surface area contributed by atoms with E-state index in [0.717, 1.165) is 37.7 Å². The Balaban J connectivity index is 1.57. The van der Waals surface area contributed by atoms with Gasteiger partial charge in [-0.25, -0.2) is 4.39 Å². The van der Waals surface area contributed by atoms with Crippen LogP contribution in [0, 0.1) is 11.7 Å². The zero-order chi connectivity index (χ0) is 14.8. The average Bonchev–Trinajstić information content (AvgIpc) is 2.44. The van der Waals surface area contributed by atoms with Crippen molar-refractivity contribution < 1.29 is 13.4 Å². The molecule has 2 fully saturated rings. The van der Waals surface area contributed by atoms with Crippen molar-refractivity contribution in [2.24, 2.45) is 5.92 Å². The van der Waals surface area contributed by atoms with Gasteiger partial charge in [0, 0.05) is 33.6 Å². The molecule has 2 unspecified atom stereocenters. The molecule has 0 N–H and O–H groups in total. The lowest BCUT2D eigenvalue weighted by Gasteiger charge is -2.37. The predicted molar refractivity (Wildman–Crippen MR) is 82.0 cm³/mol. The Hall–Kier alpha value is -1.03. The van der Waals surface area contributed by atoms with Gasteiger partial charge in [0.1, 0.15) is 11.6 Å². The van der Waals surface area contributed by atoms with E-state index >= 15 is 0 Å². The number of carbonyl (C=O) groups excluding carboxylic acids is 1. The number of ketones is 1. The van der Waals surface area contributed by atoms with Gasteiger partial charge in [-0.05, 0) is 49.8 Å². The molecule has 0 amide bonds. The summed E-state index contributed by atoms with van der Waals surface area (Å²) >= 11 is 0. The van der Waals surface area contributed by atoms with Crippen LogP contribution >= 0.6 is 0 Å². The number of aryl methyl sites for hydroxylation is 1. The van der Waals surface area contributed by atoms with E-state index in [0.29, 0.717) is 12.8 Å². The first kappa shape index (κ1) is 14.9. The molecule has 0 saturated carbocycles. The molecule has 2 aliphatic heterocycles. The summed E-state index contributed by atoms with van der Waals surface area (Å²) in [6.45, 7) is 0. The number of hydrogen-bond donors (Lipinski definition) is 0. The molecule has 0 aliphatic carbocycles. The van der Waals surface area contributed by atoms with E-state index < -0.39 is 10.8 Å². The Kier molecular flexibility index (Phi) is 4.53. The van der Waals surface area contributed by atoms with Crippen molar-refractivity contribution in [3.63, 3.8) is 0 Å². The second kappa shape index (κ2) is 6.39. The lowest BCUT2D eigenvalue weighted by Crippen LogP contribution is -2.41. The predicted octanol–water partition coefficient (Wildman–Crippen LogP) is 3.41. The third-order valence-corrected chi connectivity index (χ3v) is 6.98. The third kappa shape index (κ3) is 3.42. The number of Topliss-reactive ketones (excluding diaryl/α,β-unsaturated/α-hetero) is 1. The number of fused-ring (bicyclic) bond motifs is 2. The van der Waals surface area contributed by atoms with Gasteiger partial charge in [0.15, 0.2) is 0 Å². The van der Waals surface area contributed by atoms with Gasteiger partial charge in [0.05, 0.1) is 0 Å². The highest BCUT2D eigenvalue weighted by molar-refractivity contribution is 7.86. The summed E-state index contributed by atoms with van der Waals surface area (Å²) in [7, 11) is -0.718. The Morgan fingerprint density at radius 2 is 1.95 bits per heavy atom. The number of carbonyl (C=O) groups is 1. The Morgan fingerprint density at radius 3 is 2.62 bits per heavy atom. The molecule has 21 heavy (non-hydrogen) atoms. The van der Waals surface area contributed by atoms with Crippen LogP contribution in [0.15, 0.2) is 24.3 Å². The van der Waals surface area contributed by atoms with Crippen molar-refractivity contribution in [3.8, 4) is 0 Å². The normalized spacial score (nSPS) is 31.9. The highest BCUT2D eigenvalue weighted by atomic mass is 32.2. The van der Waals surface area contributed by atoms with Crippen LogP contribution in [0.2, 0.25) is 0 Å². The molecule has 1 aromatic rings. The fourth-order valence-corrected chi connectivity index (χ4v) is 5.85. The zero-order valence-electron chi connectivity index (χ0n) is 12.1. The van der Waals surface area contributed by atoms with Crippen molar-refractivity contribution >= 4 is 16.6 Å². The SMILES string of the molecule is O=C(CCc1cccc(F)c1)C1CC2CCCC(C1)S2=O. The van der Waals surface area contributed by atoms with Crippen LogP contribution in [-0.4, -0.2) is 20.5 Å². The van der Waals surface area contributed by atoms with Crippen LogP contribution in [0.3, 0.4) is 0 Å². The number of halogens is 1. The topological polar surface area (TPSA) is 34.1 Å². The van der Waals surface area contributed by atoms with E-state index in [1.807, 2.05) is 6.07 Å². The maximum atomic E-state index is 13.1. The molecular weight excluding hydrogens is 287 g/mol. The van der Waals surface area contributed by atoms with Gasteiger partial charge in [-0.2, -0.15) is 0 Å². The minimum Gasteiger partial charge on any atom is -0.299 e. The molecule has 0 radical (unpaired) electrons. The third-order valence-electron chi connectivity index (χ3n) is 4.81. The van der Waals surface area contributed by atoms with E-state index in [2.05, 4.69) is 0 Å². The number of hydrogen-bond acceptors (Lipinski definition) is 2. The molecule has 1 aromatic carbocycles. The fourth-order valence-electron chi connectivity index (χ4n) is 3.66. The van der Waals surface area contributed by atoms with Crippen LogP contribution in [-0.2, 0) is 22.0 Å². The van der Waals surface area contributed by atoms with E-state index in [1.165, 1.54) is 12.1 Å². The Bertz CT molecular complexity index is 541. The first-order valence-electron chi connectivity index (χ1n) is 7.80. The number of rotatable bonds is 4.